The van der Waals surface area contributed by atoms with Gasteiger partial charge in [-0.25, -0.2) is 0 Å². The second kappa shape index (κ2) is 13.2. The summed E-state index contributed by atoms with van der Waals surface area (Å²) >= 11 is 0. The van der Waals surface area contributed by atoms with Crippen LogP contribution in [0, 0.1) is 10.8 Å². The predicted molar refractivity (Wildman–Crippen MR) is 140 cm³/mol. The summed E-state index contributed by atoms with van der Waals surface area (Å²) in [6.45, 7) is 8.19. The summed E-state index contributed by atoms with van der Waals surface area (Å²) in [6, 6.07) is 0. The van der Waals surface area contributed by atoms with Crippen LogP contribution < -0.4 is 0 Å². The minimum Gasteiger partial charge on any atom is -0.396 e. The zero-order valence-electron chi connectivity index (χ0n) is 22.3. The van der Waals surface area contributed by atoms with E-state index in [4.69, 9.17) is 0 Å². The van der Waals surface area contributed by atoms with Gasteiger partial charge in [0.25, 0.3) is 0 Å². The maximum absolute atomic E-state index is 13.0. The van der Waals surface area contributed by atoms with Gasteiger partial charge < -0.3 is 10.2 Å². The molecule has 0 saturated carbocycles. The van der Waals surface area contributed by atoms with Crippen LogP contribution in [0.2, 0.25) is 0 Å². The summed E-state index contributed by atoms with van der Waals surface area (Å²) in [5.74, 6) is -0.759. The van der Waals surface area contributed by atoms with Crippen molar-refractivity contribution in [2.45, 2.75) is 91.9 Å². The summed E-state index contributed by atoms with van der Waals surface area (Å²) in [6.07, 6.45) is 11.8. The van der Waals surface area contributed by atoms with Crippen molar-refractivity contribution in [1.29, 1.82) is 0 Å². The standard InChI is InChI=1S/C30H42O6/c1-29(2,19-31)13-7-5-9-21-15-25(33)17-23(27(21)35)11-12-24-18-26(34)16-22(28(24)36)10-6-8-14-30(3,4)20-32/h15-18,31-32H,5-14,19-20H2,1-4H3. The van der Waals surface area contributed by atoms with Crippen molar-refractivity contribution in [3.8, 4) is 0 Å². The predicted octanol–water partition coefficient (Wildman–Crippen LogP) is 4.93. The van der Waals surface area contributed by atoms with E-state index in [-0.39, 0.29) is 60.0 Å². The van der Waals surface area contributed by atoms with Crippen molar-refractivity contribution in [2.75, 3.05) is 13.2 Å². The third-order valence-electron chi connectivity index (χ3n) is 7.05. The Balaban J connectivity index is 1.89. The zero-order chi connectivity index (χ0) is 26.9. The molecule has 0 aromatic carbocycles. The van der Waals surface area contributed by atoms with Crippen molar-refractivity contribution < 1.29 is 29.4 Å². The summed E-state index contributed by atoms with van der Waals surface area (Å²) in [5, 5.41) is 18.8. The Hall–Kier alpha value is -2.44. The molecule has 198 valence electrons. The molecule has 6 heteroatoms. The lowest BCUT2D eigenvalue weighted by atomic mass is 9.84. The number of carbonyl (C=O) groups is 4. The maximum Gasteiger partial charge on any atom is 0.185 e. The molecule has 6 nitrogen and oxygen atoms in total. The molecular formula is C30H42O6. The van der Waals surface area contributed by atoms with Crippen LogP contribution in [0.5, 0.6) is 0 Å². The molecule has 0 heterocycles. The van der Waals surface area contributed by atoms with Gasteiger partial charge in [0.1, 0.15) is 0 Å². The minimum absolute atomic E-state index is 0.107. The molecular weight excluding hydrogens is 456 g/mol. The molecule has 0 amide bonds. The molecule has 0 unspecified atom stereocenters. The van der Waals surface area contributed by atoms with E-state index >= 15 is 0 Å². The number of allylic oxidation sites excluding steroid dienone is 8. The van der Waals surface area contributed by atoms with Gasteiger partial charge >= 0.3 is 0 Å². The van der Waals surface area contributed by atoms with Crippen LogP contribution in [-0.2, 0) is 19.2 Å². The first kappa shape index (κ1) is 29.8. The molecule has 0 bridgehead atoms. The van der Waals surface area contributed by atoms with Crippen LogP contribution in [0.25, 0.3) is 0 Å². The first-order chi connectivity index (χ1) is 16.9. The number of unbranched alkanes of at least 4 members (excludes halogenated alkanes) is 2. The highest BCUT2D eigenvalue weighted by molar-refractivity contribution is 6.21. The van der Waals surface area contributed by atoms with Crippen LogP contribution in [0.15, 0.2) is 46.6 Å². The number of hydrogen-bond donors (Lipinski definition) is 2. The molecule has 0 saturated heterocycles. The van der Waals surface area contributed by atoms with Crippen LogP contribution >= 0.6 is 0 Å². The molecule has 2 aliphatic rings. The summed E-state index contributed by atoms with van der Waals surface area (Å²) in [7, 11) is 0. The molecule has 0 spiro atoms. The second-order valence-corrected chi connectivity index (χ2v) is 11.7. The average Bonchev–Trinajstić information content (AvgIpc) is 2.82. The highest BCUT2D eigenvalue weighted by atomic mass is 16.3. The molecule has 0 atom stereocenters. The molecule has 0 fully saturated rings. The summed E-state index contributed by atoms with van der Waals surface area (Å²) < 4.78 is 0. The Labute approximate surface area is 215 Å². The Morgan fingerprint density at radius 3 is 1.14 bits per heavy atom. The van der Waals surface area contributed by atoms with Gasteiger partial charge in [-0.05, 0) is 86.5 Å². The molecule has 2 rings (SSSR count). The number of rotatable bonds is 15. The quantitative estimate of drug-likeness (QED) is 0.245. The fraction of sp³-hybridized carbons (Fsp3) is 0.600. The van der Waals surface area contributed by atoms with Gasteiger partial charge in [0, 0.05) is 35.5 Å². The molecule has 0 aromatic rings. The first-order valence-electron chi connectivity index (χ1n) is 13.1. The molecule has 0 aromatic heterocycles. The summed E-state index contributed by atoms with van der Waals surface area (Å²) in [5.41, 5.74) is 1.43. The van der Waals surface area contributed by atoms with E-state index in [1.54, 1.807) is 0 Å². The van der Waals surface area contributed by atoms with Crippen LogP contribution in [0.3, 0.4) is 0 Å². The number of hydrogen-bond acceptors (Lipinski definition) is 6. The van der Waals surface area contributed by atoms with Crippen molar-refractivity contribution in [2.24, 2.45) is 10.8 Å². The van der Waals surface area contributed by atoms with E-state index in [9.17, 15) is 29.4 Å². The van der Waals surface area contributed by atoms with E-state index in [0.717, 1.165) is 38.5 Å². The minimum atomic E-state index is -0.221. The number of aliphatic hydroxyl groups excluding tert-OH is 2. The SMILES string of the molecule is CC(C)(CO)CCCCC1=CC(=O)C=C(CCC2=CC(=O)C=C(CCCCC(C)(C)CO)C2=O)C1=O. The normalized spacial score (nSPS) is 17.2. The smallest absolute Gasteiger partial charge is 0.185 e. The molecule has 0 aliphatic heterocycles. The van der Waals surface area contributed by atoms with E-state index in [1.165, 1.54) is 24.3 Å². The molecule has 36 heavy (non-hydrogen) atoms. The number of Topliss-reactive ketones (excluding diaryl/α,β-unsaturated/α-hetero) is 2. The second-order valence-electron chi connectivity index (χ2n) is 11.7. The first-order valence-corrected chi connectivity index (χ1v) is 13.1. The largest absolute Gasteiger partial charge is 0.396 e. The fourth-order valence-corrected chi connectivity index (χ4v) is 4.45. The van der Waals surface area contributed by atoms with E-state index in [0.29, 0.717) is 35.1 Å². The van der Waals surface area contributed by atoms with Gasteiger partial charge in [-0.1, -0.05) is 40.5 Å². The number of ketones is 4. The van der Waals surface area contributed by atoms with E-state index in [2.05, 4.69) is 0 Å². The molecule has 2 aliphatic carbocycles. The Kier molecular flexibility index (Phi) is 10.9. The fourth-order valence-electron chi connectivity index (χ4n) is 4.45. The van der Waals surface area contributed by atoms with E-state index in [1.807, 2.05) is 27.7 Å². The Bertz CT molecular complexity index is 907. The average molecular weight is 499 g/mol. The van der Waals surface area contributed by atoms with Crippen molar-refractivity contribution in [1.82, 2.24) is 0 Å². The lowest BCUT2D eigenvalue weighted by molar-refractivity contribution is -0.116. The van der Waals surface area contributed by atoms with Gasteiger partial charge in [0.15, 0.2) is 23.1 Å². The van der Waals surface area contributed by atoms with Gasteiger partial charge in [-0.2, -0.15) is 0 Å². The molecule has 0 radical (unpaired) electrons. The number of carbonyl (C=O) groups excluding carboxylic acids is 4. The maximum atomic E-state index is 13.0. The monoisotopic (exact) mass is 498 g/mol. The highest BCUT2D eigenvalue weighted by Gasteiger charge is 2.26. The lowest BCUT2D eigenvalue weighted by Gasteiger charge is -2.21. The van der Waals surface area contributed by atoms with Gasteiger partial charge in [0.05, 0.1) is 0 Å². The highest BCUT2D eigenvalue weighted by Crippen LogP contribution is 2.29. The van der Waals surface area contributed by atoms with Crippen molar-refractivity contribution >= 4 is 23.1 Å². The van der Waals surface area contributed by atoms with Crippen LogP contribution in [-0.4, -0.2) is 46.6 Å². The number of aliphatic hydroxyl groups is 2. The van der Waals surface area contributed by atoms with Gasteiger partial charge in [0.2, 0.25) is 0 Å². The van der Waals surface area contributed by atoms with Gasteiger partial charge in [-0.15, -0.1) is 0 Å². The third kappa shape index (κ3) is 9.21. The zero-order valence-corrected chi connectivity index (χ0v) is 22.3. The topological polar surface area (TPSA) is 109 Å². The third-order valence-corrected chi connectivity index (χ3v) is 7.05. The van der Waals surface area contributed by atoms with Crippen molar-refractivity contribution in [3.05, 3.63) is 46.6 Å². The Morgan fingerprint density at radius 2 is 0.833 bits per heavy atom. The summed E-state index contributed by atoms with van der Waals surface area (Å²) in [4.78, 5) is 50.4. The molecule has 2 N–H and O–H groups in total. The van der Waals surface area contributed by atoms with E-state index < -0.39 is 0 Å². The van der Waals surface area contributed by atoms with Crippen molar-refractivity contribution in [3.63, 3.8) is 0 Å². The van der Waals surface area contributed by atoms with Gasteiger partial charge in [-0.3, -0.25) is 19.2 Å². The van der Waals surface area contributed by atoms with Crippen LogP contribution in [0.4, 0.5) is 0 Å². The van der Waals surface area contributed by atoms with Crippen LogP contribution in [0.1, 0.15) is 91.9 Å². The Morgan fingerprint density at radius 1 is 0.528 bits per heavy atom. The lowest BCUT2D eigenvalue weighted by Crippen LogP contribution is -2.18.